The molecule has 0 saturated heterocycles. The number of aliphatic hydroxyl groups excluding tert-OH is 1. The van der Waals surface area contributed by atoms with Crippen molar-refractivity contribution in [3.05, 3.63) is 24.2 Å². The maximum atomic E-state index is 12.0. The summed E-state index contributed by atoms with van der Waals surface area (Å²) in [7, 11) is 0. The van der Waals surface area contributed by atoms with Gasteiger partial charge in [0.2, 0.25) is 0 Å². The van der Waals surface area contributed by atoms with Gasteiger partial charge in [0, 0.05) is 11.5 Å². The normalized spacial score (nSPS) is 28.1. The molecule has 1 saturated carbocycles. The third-order valence-electron chi connectivity index (χ3n) is 4.07. The SMILES string of the molecule is CC(NC(=O)NC1CCCC1(C)CO)c1ccco1. The zero-order valence-electron chi connectivity index (χ0n) is 11.5. The quantitative estimate of drug-likeness (QED) is 0.782. The van der Waals surface area contributed by atoms with Crippen molar-refractivity contribution in [2.45, 2.75) is 45.2 Å². The van der Waals surface area contributed by atoms with E-state index in [4.69, 9.17) is 4.42 Å². The Kier molecular flexibility index (Phi) is 4.14. The van der Waals surface area contributed by atoms with Gasteiger partial charge in [0.1, 0.15) is 5.76 Å². The lowest BCUT2D eigenvalue weighted by Gasteiger charge is -2.30. The van der Waals surface area contributed by atoms with Crippen LogP contribution in [0.3, 0.4) is 0 Å². The lowest BCUT2D eigenvalue weighted by atomic mass is 9.86. The maximum absolute atomic E-state index is 12.0. The van der Waals surface area contributed by atoms with E-state index in [0.717, 1.165) is 25.0 Å². The van der Waals surface area contributed by atoms with Crippen molar-refractivity contribution in [2.24, 2.45) is 5.41 Å². The molecule has 0 aliphatic heterocycles. The average molecular weight is 266 g/mol. The van der Waals surface area contributed by atoms with E-state index >= 15 is 0 Å². The highest BCUT2D eigenvalue weighted by atomic mass is 16.3. The molecule has 1 aromatic rings. The number of aliphatic hydroxyl groups is 1. The minimum Gasteiger partial charge on any atom is -0.467 e. The summed E-state index contributed by atoms with van der Waals surface area (Å²) < 4.78 is 5.25. The van der Waals surface area contributed by atoms with Crippen LogP contribution in [0, 0.1) is 5.41 Å². The fourth-order valence-electron chi connectivity index (χ4n) is 2.67. The fraction of sp³-hybridized carbons (Fsp3) is 0.643. The summed E-state index contributed by atoms with van der Waals surface area (Å²) in [6.07, 6.45) is 4.49. The van der Waals surface area contributed by atoms with E-state index in [9.17, 15) is 9.90 Å². The number of carbonyl (C=O) groups excluding carboxylic acids is 1. The van der Waals surface area contributed by atoms with Gasteiger partial charge < -0.3 is 20.2 Å². The lowest BCUT2D eigenvalue weighted by molar-refractivity contribution is 0.120. The molecule has 0 bridgehead atoms. The molecule has 1 aromatic heterocycles. The zero-order chi connectivity index (χ0) is 13.9. The van der Waals surface area contributed by atoms with Crippen molar-refractivity contribution in [3.8, 4) is 0 Å². The molecule has 3 N–H and O–H groups in total. The molecule has 3 atom stereocenters. The van der Waals surface area contributed by atoms with Crippen molar-refractivity contribution < 1.29 is 14.3 Å². The van der Waals surface area contributed by atoms with Crippen LogP contribution in [0.4, 0.5) is 4.79 Å². The predicted molar refractivity (Wildman–Crippen MR) is 71.6 cm³/mol. The lowest BCUT2D eigenvalue weighted by Crippen LogP contribution is -2.49. The van der Waals surface area contributed by atoms with Gasteiger partial charge in [0.25, 0.3) is 0 Å². The Morgan fingerprint density at radius 3 is 3.11 bits per heavy atom. The summed E-state index contributed by atoms with van der Waals surface area (Å²) in [5.74, 6) is 0.728. The second kappa shape index (κ2) is 5.65. The van der Waals surface area contributed by atoms with Gasteiger partial charge in [-0.25, -0.2) is 4.79 Å². The van der Waals surface area contributed by atoms with Crippen LogP contribution in [-0.2, 0) is 0 Å². The minimum atomic E-state index is -0.213. The molecule has 5 heteroatoms. The molecule has 0 aromatic carbocycles. The molecular weight excluding hydrogens is 244 g/mol. The van der Waals surface area contributed by atoms with E-state index in [2.05, 4.69) is 10.6 Å². The molecular formula is C14H22N2O3. The number of furan rings is 1. The maximum Gasteiger partial charge on any atom is 0.315 e. The molecule has 1 heterocycles. The summed E-state index contributed by atoms with van der Waals surface area (Å²) in [6, 6.07) is 3.28. The zero-order valence-corrected chi connectivity index (χ0v) is 11.5. The van der Waals surface area contributed by atoms with Crippen molar-refractivity contribution in [2.75, 3.05) is 6.61 Å². The van der Waals surface area contributed by atoms with Gasteiger partial charge in [0.15, 0.2) is 0 Å². The average Bonchev–Trinajstić information content (AvgIpc) is 3.00. The molecule has 1 aliphatic rings. The highest BCUT2D eigenvalue weighted by Gasteiger charge is 2.39. The van der Waals surface area contributed by atoms with Crippen LogP contribution in [0.5, 0.6) is 0 Å². The summed E-state index contributed by atoms with van der Waals surface area (Å²) >= 11 is 0. The predicted octanol–water partition coefficient (Wildman–Crippen LogP) is 2.19. The summed E-state index contributed by atoms with van der Waals surface area (Å²) in [5.41, 5.74) is -0.203. The van der Waals surface area contributed by atoms with Crippen molar-refractivity contribution >= 4 is 6.03 Å². The van der Waals surface area contributed by atoms with E-state index in [1.165, 1.54) is 0 Å². The van der Waals surface area contributed by atoms with E-state index in [1.807, 2.05) is 19.9 Å². The van der Waals surface area contributed by atoms with E-state index < -0.39 is 0 Å². The van der Waals surface area contributed by atoms with Crippen molar-refractivity contribution in [3.63, 3.8) is 0 Å². The van der Waals surface area contributed by atoms with Gasteiger partial charge in [-0.15, -0.1) is 0 Å². The first-order chi connectivity index (χ1) is 9.05. The third kappa shape index (κ3) is 3.10. The van der Waals surface area contributed by atoms with Crippen molar-refractivity contribution in [1.82, 2.24) is 10.6 Å². The number of hydrogen-bond acceptors (Lipinski definition) is 3. The molecule has 5 nitrogen and oxygen atoms in total. The summed E-state index contributed by atoms with van der Waals surface area (Å²) in [5, 5.41) is 15.3. The fourth-order valence-corrected chi connectivity index (χ4v) is 2.67. The number of hydrogen-bond donors (Lipinski definition) is 3. The Balaban J connectivity index is 1.88. The van der Waals surface area contributed by atoms with E-state index in [0.29, 0.717) is 0 Å². The first-order valence-corrected chi connectivity index (χ1v) is 6.76. The smallest absolute Gasteiger partial charge is 0.315 e. The first kappa shape index (κ1) is 13.9. The van der Waals surface area contributed by atoms with Gasteiger partial charge in [-0.05, 0) is 31.9 Å². The molecule has 2 amide bonds. The molecule has 19 heavy (non-hydrogen) atoms. The van der Waals surface area contributed by atoms with Crippen LogP contribution in [-0.4, -0.2) is 23.8 Å². The van der Waals surface area contributed by atoms with Crippen LogP contribution in [0.25, 0.3) is 0 Å². The molecule has 0 radical (unpaired) electrons. The summed E-state index contributed by atoms with van der Waals surface area (Å²) in [4.78, 5) is 12.0. The highest BCUT2D eigenvalue weighted by molar-refractivity contribution is 5.74. The summed E-state index contributed by atoms with van der Waals surface area (Å²) in [6.45, 7) is 3.99. The van der Waals surface area contributed by atoms with Crippen molar-refractivity contribution in [1.29, 1.82) is 0 Å². The number of carbonyl (C=O) groups is 1. The Morgan fingerprint density at radius 1 is 1.68 bits per heavy atom. The Bertz CT molecular complexity index is 418. The molecule has 0 spiro atoms. The first-order valence-electron chi connectivity index (χ1n) is 6.76. The molecule has 1 aliphatic carbocycles. The van der Waals surface area contributed by atoms with Gasteiger partial charge in [-0.2, -0.15) is 0 Å². The van der Waals surface area contributed by atoms with E-state index in [1.54, 1.807) is 12.3 Å². The number of amides is 2. The van der Waals surface area contributed by atoms with Gasteiger partial charge >= 0.3 is 6.03 Å². The monoisotopic (exact) mass is 266 g/mol. The van der Waals surface area contributed by atoms with Gasteiger partial charge in [-0.3, -0.25) is 0 Å². The second-order valence-electron chi connectivity index (χ2n) is 5.61. The minimum absolute atomic E-state index is 0.0290. The molecule has 2 rings (SSSR count). The second-order valence-corrected chi connectivity index (χ2v) is 5.61. The number of rotatable bonds is 4. The van der Waals surface area contributed by atoms with Crippen LogP contribution >= 0.6 is 0 Å². The molecule has 106 valence electrons. The van der Waals surface area contributed by atoms with Crippen LogP contribution in [0.1, 0.15) is 44.9 Å². The molecule has 1 fully saturated rings. The number of nitrogens with one attached hydrogen (secondary N) is 2. The van der Waals surface area contributed by atoms with E-state index in [-0.39, 0.29) is 30.1 Å². The van der Waals surface area contributed by atoms with Crippen LogP contribution in [0.15, 0.2) is 22.8 Å². The van der Waals surface area contributed by atoms with Gasteiger partial charge in [0.05, 0.1) is 18.9 Å². The third-order valence-corrected chi connectivity index (χ3v) is 4.07. The van der Waals surface area contributed by atoms with Crippen LogP contribution in [0.2, 0.25) is 0 Å². The highest BCUT2D eigenvalue weighted by Crippen LogP contribution is 2.37. The standard InChI is InChI=1S/C14H22N2O3/c1-10(11-5-4-8-19-11)15-13(18)16-12-6-3-7-14(12,2)9-17/h4-5,8,10,12,17H,3,6-7,9H2,1-2H3,(H2,15,16,18). The van der Waals surface area contributed by atoms with Gasteiger partial charge in [-0.1, -0.05) is 13.3 Å². The Morgan fingerprint density at radius 2 is 2.47 bits per heavy atom. The number of urea groups is 1. The topological polar surface area (TPSA) is 74.5 Å². The largest absolute Gasteiger partial charge is 0.467 e. The molecule has 3 unspecified atom stereocenters. The Hall–Kier alpha value is -1.49. The Labute approximate surface area is 113 Å². The van der Waals surface area contributed by atoms with Crippen LogP contribution < -0.4 is 10.6 Å².